The van der Waals surface area contributed by atoms with E-state index < -0.39 is 15.7 Å². The van der Waals surface area contributed by atoms with Gasteiger partial charge in [-0.3, -0.25) is 4.79 Å². The molecule has 0 aliphatic heterocycles. The van der Waals surface area contributed by atoms with E-state index in [1.807, 2.05) is 0 Å². The van der Waals surface area contributed by atoms with Crippen LogP contribution in [0.15, 0.2) is 47.4 Å². The molecule has 2 aromatic carbocycles. The molecule has 0 fully saturated rings. The number of amides is 1. The molecule has 0 atom stereocenters. The fourth-order valence-electron chi connectivity index (χ4n) is 1.72. The molecule has 1 amide bonds. The van der Waals surface area contributed by atoms with Gasteiger partial charge in [0.25, 0.3) is 5.91 Å². The highest BCUT2D eigenvalue weighted by Crippen LogP contribution is 2.25. The smallest absolute Gasteiger partial charge is 0.257 e. The third-order valence-electron chi connectivity index (χ3n) is 2.71. The molecule has 0 aromatic heterocycles. The van der Waals surface area contributed by atoms with Gasteiger partial charge in [0.1, 0.15) is 0 Å². The monoisotopic (exact) mass is 343 g/mol. The molecular weight excluding hydrogens is 333 g/mol. The van der Waals surface area contributed by atoms with Crippen LogP contribution in [0.1, 0.15) is 10.4 Å². The Bertz CT molecular complexity index is 804. The van der Waals surface area contributed by atoms with Crippen LogP contribution in [-0.4, -0.2) is 20.6 Å². The van der Waals surface area contributed by atoms with Gasteiger partial charge in [0.15, 0.2) is 9.84 Å². The van der Waals surface area contributed by atoms with Gasteiger partial charge in [0.2, 0.25) is 0 Å². The Hall–Kier alpha value is -1.56. The minimum Gasteiger partial charge on any atom is -0.322 e. The number of hydrogen-bond acceptors (Lipinski definition) is 3. The number of halogens is 2. The largest absolute Gasteiger partial charge is 0.322 e. The maximum absolute atomic E-state index is 12.1. The number of carbonyl (C=O) groups is 1. The molecule has 1 N–H and O–H groups in total. The Kier molecular flexibility index (Phi) is 4.56. The van der Waals surface area contributed by atoms with Crippen LogP contribution in [0.4, 0.5) is 5.69 Å². The Labute approximate surface area is 132 Å². The molecular formula is C14H11Cl2NO3S. The molecule has 0 unspecified atom stereocenters. The average molecular weight is 344 g/mol. The summed E-state index contributed by atoms with van der Waals surface area (Å²) in [5, 5.41) is 2.99. The Balaban J connectivity index is 2.27. The van der Waals surface area contributed by atoms with Crippen LogP contribution in [0.5, 0.6) is 0 Å². The van der Waals surface area contributed by atoms with Crippen molar-refractivity contribution in [2.24, 2.45) is 0 Å². The molecule has 4 nitrogen and oxygen atoms in total. The van der Waals surface area contributed by atoms with Crippen molar-refractivity contribution in [2.75, 3.05) is 11.6 Å². The summed E-state index contributed by atoms with van der Waals surface area (Å²) in [6.07, 6.45) is 1.07. The predicted molar refractivity (Wildman–Crippen MR) is 84.0 cm³/mol. The second-order valence-electron chi connectivity index (χ2n) is 4.35. The Morgan fingerprint density at radius 2 is 1.71 bits per heavy atom. The highest BCUT2D eigenvalue weighted by atomic mass is 35.5. The average Bonchev–Trinajstić information content (AvgIpc) is 2.37. The topological polar surface area (TPSA) is 63.2 Å². The first-order valence-electron chi connectivity index (χ1n) is 5.84. The minimum absolute atomic E-state index is 0.0138. The van der Waals surface area contributed by atoms with Gasteiger partial charge in [-0.05, 0) is 30.3 Å². The van der Waals surface area contributed by atoms with Crippen LogP contribution in [0.2, 0.25) is 10.0 Å². The zero-order chi connectivity index (χ0) is 15.6. The van der Waals surface area contributed by atoms with Gasteiger partial charge in [-0.15, -0.1) is 0 Å². The number of hydrogen-bond donors (Lipinski definition) is 1. The summed E-state index contributed by atoms with van der Waals surface area (Å²) in [5.41, 5.74) is 0.708. The van der Waals surface area contributed by atoms with Crippen molar-refractivity contribution in [3.63, 3.8) is 0 Å². The van der Waals surface area contributed by atoms with Crippen LogP contribution in [-0.2, 0) is 9.84 Å². The second kappa shape index (κ2) is 6.05. The SMILES string of the molecule is CS(=O)(=O)c1ccc(NC(=O)c2ccccc2Cl)cc1Cl. The number of rotatable bonds is 3. The molecule has 0 spiro atoms. The molecule has 0 bridgehead atoms. The van der Waals surface area contributed by atoms with E-state index in [1.165, 1.54) is 18.2 Å². The first kappa shape index (κ1) is 15.8. The van der Waals surface area contributed by atoms with Gasteiger partial charge in [-0.2, -0.15) is 0 Å². The van der Waals surface area contributed by atoms with Gasteiger partial charge in [-0.1, -0.05) is 35.3 Å². The molecule has 0 saturated heterocycles. The Morgan fingerprint density at radius 1 is 1.05 bits per heavy atom. The van der Waals surface area contributed by atoms with E-state index in [4.69, 9.17) is 23.2 Å². The normalized spacial score (nSPS) is 11.2. The van der Waals surface area contributed by atoms with Crippen LogP contribution in [0.25, 0.3) is 0 Å². The first-order valence-corrected chi connectivity index (χ1v) is 8.49. The molecule has 2 rings (SSSR count). The number of sulfone groups is 1. The van der Waals surface area contributed by atoms with E-state index in [0.717, 1.165) is 6.26 Å². The molecule has 2 aromatic rings. The lowest BCUT2D eigenvalue weighted by molar-refractivity contribution is 0.102. The molecule has 0 heterocycles. The summed E-state index contributed by atoms with van der Waals surface area (Å²) in [5.74, 6) is -0.399. The van der Waals surface area contributed by atoms with Gasteiger partial charge in [-0.25, -0.2) is 8.42 Å². The number of nitrogens with one attached hydrogen (secondary N) is 1. The van der Waals surface area contributed by atoms with Crippen molar-refractivity contribution in [3.05, 3.63) is 58.1 Å². The highest BCUT2D eigenvalue weighted by Gasteiger charge is 2.14. The maximum Gasteiger partial charge on any atom is 0.257 e. The van der Waals surface area contributed by atoms with Crippen molar-refractivity contribution in [2.45, 2.75) is 4.90 Å². The van der Waals surface area contributed by atoms with Gasteiger partial charge < -0.3 is 5.32 Å². The van der Waals surface area contributed by atoms with E-state index >= 15 is 0 Å². The molecule has 7 heteroatoms. The number of carbonyl (C=O) groups excluding carboxylic acids is 1. The quantitative estimate of drug-likeness (QED) is 0.924. The molecule has 21 heavy (non-hydrogen) atoms. The zero-order valence-electron chi connectivity index (χ0n) is 10.9. The lowest BCUT2D eigenvalue weighted by atomic mass is 10.2. The predicted octanol–water partition coefficient (Wildman–Crippen LogP) is 3.65. The third kappa shape index (κ3) is 3.75. The Morgan fingerprint density at radius 3 is 2.29 bits per heavy atom. The zero-order valence-corrected chi connectivity index (χ0v) is 13.3. The van der Waals surface area contributed by atoms with Crippen LogP contribution < -0.4 is 5.32 Å². The summed E-state index contributed by atoms with van der Waals surface area (Å²) in [6, 6.07) is 10.8. The third-order valence-corrected chi connectivity index (χ3v) is 4.62. The van der Waals surface area contributed by atoms with Gasteiger partial charge >= 0.3 is 0 Å². The van der Waals surface area contributed by atoms with Crippen molar-refractivity contribution < 1.29 is 13.2 Å². The second-order valence-corrected chi connectivity index (χ2v) is 7.15. The molecule has 0 aliphatic carbocycles. The fraction of sp³-hybridized carbons (Fsp3) is 0.0714. The molecule has 0 radical (unpaired) electrons. The van der Waals surface area contributed by atoms with E-state index in [0.29, 0.717) is 16.3 Å². The molecule has 0 saturated carbocycles. The summed E-state index contributed by atoms with van der Waals surface area (Å²) in [6.45, 7) is 0. The van der Waals surface area contributed by atoms with Gasteiger partial charge in [0.05, 0.1) is 20.5 Å². The van der Waals surface area contributed by atoms with Crippen LogP contribution >= 0.6 is 23.2 Å². The van der Waals surface area contributed by atoms with E-state index in [2.05, 4.69) is 5.32 Å². The van der Waals surface area contributed by atoms with Gasteiger partial charge in [0, 0.05) is 11.9 Å². The minimum atomic E-state index is -3.40. The lowest BCUT2D eigenvalue weighted by Gasteiger charge is -2.08. The first-order chi connectivity index (χ1) is 9.79. The summed E-state index contributed by atoms with van der Waals surface area (Å²) >= 11 is 11.9. The molecule has 110 valence electrons. The van der Waals surface area contributed by atoms with E-state index in [1.54, 1.807) is 24.3 Å². The summed E-state index contributed by atoms with van der Waals surface area (Å²) < 4.78 is 22.9. The molecule has 0 aliphatic rings. The number of benzene rings is 2. The summed E-state index contributed by atoms with van der Waals surface area (Å²) in [4.78, 5) is 12.1. The van der Waals surface area contributed by atoms with Crippen LogP contribution in [0, 0.1) is 0 Å². The highest BCUT2D eigenvalue weighted by molar-refractivity contribution is 7.90. The van der Waals surface area contributed by atoms with Crippen molar-refractivity contribution in [3.8, 4) is 0 Å². The standard InChI is InChI=1S/C14H11Cl2NO3S/c1-21(19,20)13-7-6-9(8-12(13)16)17-14(18)10-4-2-3-5-11(10)15/h2-8H,1H3,(H,17,18). The fourth-order valence-corrected chi connectivity index (χ4v) is 3.27. The van der Waals surface area contributed by atoms with Crippen LogP contribution in [0.3, 0.4) is 0 Å². The van der Waals surface area contributed by atoms with Crippen molar-refractivity contribution in [1.82, 2.24) is 0 Å². The van der Waals surface area contributed by atoms with E-state index in [-0.39, 0.29) is 9.92 Å². The van der Waals surface area contributed by atoms with E-state index in [9.17, 15) is 13.2 Å². The van der Waals surface area contributed by atoms with Crippen molar-refractivity contribution in [1.29, 1.82) is 0 Å². The number of anilines is 1. The maximum atomic E-state index is 12.1. The van der Waals surface area contributed by atoms with Crippen molar-refractivity contribution >= 4 is 44.6 Å². The lowest BCUT2D eigenvalue weighted by Crippen LogP contribution is -2.12. The summed E-state index contributed by atoms with van der Waals surface area (Å²) in [7, 11) is -3.40.